The second-order valence-electron chi connectivity index (χ2n) is 15.4. The number of carbonyl (C=O) groups is 2. The molecule has 0 aromatic carbocycles. The van der Waals surface area contributed by atoms with E-state index >= 15 is 0 Å². The van der Waals surface area contributed by atoms with Crippen molar-refractivity contribution in [1.29, 1.82) is 0 Å². The molecule has 0 aliphatic heterocycles. The first kappa shape index (κ1) is 46.9. The van der Waals surface area contributed by atoms with E-state index in [1.54, 1.807) is 0 Å². The lowest BCUT2D eigenvalue weighted by Crippen LogP contribution is -2.35. The average Bonchev–Trinajstić information content (AvgIpc) is 3.07. The molecule has 0 aliphatic rings. The molecular weight excluding hydrogens is 592 g/mol. The Morgan fingerprint density at radius 3 is 0.917 bits per heavy atom. The quantitative estimate of drug-likeness (QED) is 0.0517. The van der Waals surface area contributed by atoms with Gasteiger partial charge >= 0.3 is 11.9 Å². The fourth-order valence-corrected chi connectivity index (χ4v) is 7.35. The van der Waals surface area contributed by atoms with Crippen LogP contribution in [0.15, 0.2) is 0 Å². The summed E-state index contributed by atoms with van der Waals surface area (Å²) in [6, 6.07) is 0. The monoisotopic (exact) mass is 679 g/mol. The Kier molecular flexibility index (Phi) is 36.4. The topological polar surface area (TPSA) is 63.6 Å². The van der Waals surface area contributed by atoms with Gasteiger partial charge in [0, 0.05) is 12.8 Å². The summed E-state index contributed by atoms with van der Waals surface area (Å²) in [5, 5.41) is 8.84. The summed E-state index contributed by atoms with van der Waals surface area (Å²) in [4.78, 5) is 24.1. The lowest BCUT2D eigenvalue weighted by atomic mass is 9.84. The molecule has 0 amide bonds. The first-order chi connectivity index (χ1) is 23.5. The molecule has 0 atom stereocenters. The van der Waals surface area contributed by atoms with Gasteiger partial charge in [-0.1, -0.05) is 201 Å². The second kappa shape index (κ2) is 37.2. The minimum atomic E-state index is -0.701. The van der Waals surface area contributed by atoms with Gasteiger partial charge < -0.3 is 9.84 Å². The minimum Gasteiger partial charge on any atom is -0.481 e. The third kappa shape index (κ3) is 33.4. The van der Waals surface area contributed by atoms with E-state index in [9.17, 15) is 9.59 Å². The number of carboxylic acids is 1. The summed E-state index contributed by atoms with van der Waals surface area (Å²) >= 11 is 0. The second-order valence-corrected chi connectivity index (χ2v) is 15.4. The molecule has 0 heterocycles. The molecule has 0 saturated carbocycles. The van der Waals surface area contributed by atoms with Crippen molar-refractivity contribution in [2.24, 2.45) is 0 Å². The van der Waals surface area contributed by atoms with Crippen LogP contribution in [0.2, 0.25) is 0 Å². The largest absolute Gasteiger partial charge is 0.481 e. The van der Waals surface area contributed by atoms with Gasteiger partial charge in [-0.2, -0.15) is 0 Å². The van der Waals surface area contributed by atoms with Crippen LogP contribution in [0.1, 0.15) is 265 Å². The summed E-state index contributed by atoms with van der Waals surface area (Å²) < 4.78 is 6.62. The van der Waals surface area contributed by atoms with Crippen molar-refractivity contribution < 1.29 is 19.4 Å². The smallest absolute Gasteiger partial charge is 0.306 e. The Balaban J connectivity index is 5.01. The van der Waals surface area contributed by atoms with Crippen molar-refractivity contribution in [2.45, 2.75) is 270 Å². The van der Waals surface area contributed by atoms with E-state index in [1.165, 1.54) is 173 Å². The fraction of sp³-hybridized carbons (Fsp3) is 0.955. The third-order valence-corrected chi connectivity index (χ3v) is 10.6. The van der Waals surface area contributed by atoms with Gasteiger partial charge in [0.15, 0.2) is 0 Å². The maximum Gasteiger partial charge on any atom is 0.306 e. The zero-order chi connectivity index (χ0) is 35.2. The van der Waals surface area contributed by atoms with E-state index in [0.29, 0.717) is 6.42 Å². The third-order valence-electron chi connectivity index (χ3n) is 10.6. The summed E-state index contributed by atoms with van der Waals surface area (Å²) in [7, 11) is 0. The summed E-state index contributed by atoms with van der Waals surface area (Å²) in [6.45, 7) is 6.86. The number of hydrogen-bond donors (Lipinski definition) is 1. The van der Waals surface area contributed by atoms with Crippen molar-refractivity contribution >= 4 is 11.9 Å². The van der Waals surface area contributed by atoms with Crippen LogP contribution in [0.5, 0.6) is 0 Å². The number of rotatable bonds is 40. The Labute approximate surface area is 301 Å². The Bertz CT molecular complexity index is 655. The predicted molar refractivity (Wildman–Crippen MR) is 209 cm³/mol. The van der Waals surface area contributed by atoms with Crippen LogP contribution in [0.3, 0.4) is 0 Å². The number of ether oxygens (including phenoxy) is 1. The highest BCUT2D eigenvalue weighted by Gasteiger charge is 2.32. The van der Waals surface area contributed by atoms with Gasteiger partial charge in [0.2, 0.25) is 0 Å². The molecule has 0 radical (unpaired) electrons. The van der Waals surface area contributed by atoms with Gasteiger partial charge in [0.05, 0.1) is 0 Å². The van der Waals surface area contributed by atoms with Crippen molar-refractivity contribution in [2.75, 3.05) is 0 Å². The summed E-state index contributed by atoms with van der Waals surface area (Å²) in [5.41, 5.74) is -0.266. The first-order valence-electron chi connectivity index (χ1n) is 21.9. The van der Waals surface area contributed by atoms with Gasteiger partial charge in [0.25, 0.3) is 0 Å². The summed E-state index contributed by atoms with van der Waals surface area (Å²) in [6.07, 6.45) is 45.6. The van der Waals surface area contributed by atoms with E-state index in [1.807, 2.05) is 0 Å². The maximum atomic E-state index is 13.4. The number of carbonyl (C=O) groups excluding carboxylic acids is 1. The molecule has 0 unspecified atom stereocenters. The highest BCUT2D eigenvalue weighted by atomic mass is 16.6. The van der Waals surface area contributed by atoms with Crippen LogP contribution < -0.4 is 0 Å². The van der Waals surface area contributed by atoms with Crippen LogP contribution in [-0.2, 0) is 14.3 Å². The van der Waals surface area contributed by atoms with E-state index in [2.05, 4.69) is 20.8 Å². The predicted octanol–water partition coefficient (Wildman–Crippen LogP) is 15.2. The number of hydrogen-bond acceptors (Lipinski definition) is 3. The van der Waals surface area contributed by atoms with Crippen molar-refractivity contribution in [3.05, 3.63) is 0 Å². The minimum absolute atomic E-state index is 0.0306. The molecule has 0 fully saturated rings. The standard InChI is InChI=1S/C44H86O4/c1-4-7-10-13-16-19-20-21-26-31-36-41-44(39-34-29-24-17-14-11-8-5-2,40-35-30-25-18-15-12-9-6-3)48-43(47)38-33-28-23-22-27-32-37-42(45)46/h4-41H2,1-3H3,(H,45,46). The Hall–Kier alpha value is -1.06. The molecule has 4 heteroatoms. The van der Waals surface area contributed by atoms with Crippen LogP contribution >= 0.6 is 0 Å². The molecule has 0 aromatic rings. The normalized spacial score (nSPS) is 11.7. The Morgan fingerprint density at radius 2 is 0.625 bits per heavy atom. The number of unbranched alkanes of at least 4 members (excludes halogenated alkanes) is 29. The molecular formula is C44H86O4. The average molecular weight is 679 g/mol. The van der Waals surface area contributed by atoms with Gasteiger partial charge in [-0.25, -0.2) is 0 Å². The number of esters is 1. The van der Waals surface area contributed by atoms with Gasteiger partial charge in [0.1, 0.15) is 5.60 Å². The van der Waals surface area contributed by atoms with Crippen molar-refractivity contribution in [1.82, 2.24) is 0 Å². The van der Waals surface area contributed by atoms with Crippen LogP contribution in [-0.4, -0.2) is 22.6 Å². The lowest BCUT2D eigenvalue weighted by Gasteiger charge is -2.34. The van der Waals surface area contributed by atoms with Crippen LogP contribution in [0.25, 0.3) is 0 Å². The van der Waals surface area contributed by atoms with Crippen LogP contribution in [0, 0.1) is 0 Å². The molecule has 0 rings (SSSR count). The van der Waals surface area contributed by atoms with E-state index in [0.717, 1.165) is 57.8 Å². The zero-order valence-corrected chi connectivity index (χ0v) is 33.0. The van der Waals surface area contributed by atoms with Gasteiger partial charge in [-0.15, -0.1) is 0 Å². The maximum absolute atomic E-state index is 13.4. The molecule has 48 heavy (non-hydrogen) atoms. The number of aliphatic carboxylic acids is 1. The highest BCUT2D eigenvalue weighted by Crippen LogP contribution is 2.34. The van der Waals surface area contributed by atoms with Crippen molar-refractivity contribution in [3.63, 3.8) is 0 Å². The molecule has 0 saturated heterocycles. The molecule has 0 spiro atoms. The molecule has 0 aromatic heterocycles. The van der Waals surface area contributed by atoms with Gasteiger partial charge in [-0.3, -0.25) is 9.59 Å². The van der Waals surface area contributed by atoms with Gasteiger partial charge in [-0.05, 0) is 51.4 Å². The Morgan fingerprint density at radius 1 is 0.375 bits per heavy atom. The molecule has 4 nitrogen and oxygen atoms in total. The molecule has 0 aliphatic carbocycles. The lowest BCUT2D eigenvalue weighted by molar-refractivity contribution is -0.163. The SMILES string of the molecule is CCCCCCCCCCCCCC(CCCCCCCCCC)(CCCCCCCCCC)OC(=O)CCCCCCCCC(=O)O. The van der Waals surface area contributed by atoms with E-state index < -0.39 is 5.97 Å². The molecule has 0 bridgehead atoms. The number of carboxylic acid groups (broad SMARTS) is 1. The molecule has 286 valence electrons. The van der Waals surface area contributed by atoms with E-state index in [-0.39, 0.29) is 18.0 Å². The van der Waals surface area contributed by atoms with Crippen LogP contribution in [0.4, 0.5) is 0 Å². The molecule has 1 N–H and O–H groups in total. The van der Waals surface area contributed by atoms with E-state index in [4.69, 9.17) is 9.84 Å². The zero-order valence-electron chi connectivity index (χ0n) is 33.0. The van der Waals surface area contributed by atoms with Crippen molar-refractivity contribution in [3.8, 4) is 0 Å². The highest BCUT2D eigenvalue weighted by molar-refractivity contribution is 5.69. The fourth-order valence-electron chi connectivity index (χ4n) is 7.35. The first-order valence-corrected chi connectivity index (χ1v) is 21.9. The summed E-state index contributed by atoms with van der Waals surface area (Å²) in [5.74, 6) is -0.670.